The number of rotatable bonds is 17. The van der Waals surface area contributed by atoms with Crippen LogP contribution in [0, 0.1) is 0 Å². The Labute approximate surface area is 185 Å². The Morgan fingerprint density at radius 3 is 1.57 bits per heavy atom. The van der Waals surface area contributed by atoms with Crippen LogP contribution in [0.2, 0.25) is 10.0 Å². The fourth-order valence-electron chi connectivity index (χ4n) is 3.95. The van der Waals surface area contributed by atoms with Gasteiger partial charge in [-0.25, -0.2) is 0 Å². The highest BCUT2D eigenvalue weighted by Gasteiger charge is 2.16. The number of nitrogens with zero attached hydrogens (tertiary/aromatic N) is 1. The van der Waals surface area contributed by atoms with Crippen molar-refractivity contribution in [3.63, 3.8) is 0 Å². The molecule has 0 heterocycles. The number of hydrogen-bond acceptors (Lipinski definition) is 0. The molecule has 0 spiro atoms. The van der Waals surface area contributed by atoms with E-state index < -0.39 is 0 Å². The van der Waals surface area contributed by atoms with E-state index >= 15 is 0 Å². The molecule has 0 radical (unpaired) electrons. The van der Waals surface area contributed by atoms with Gasteiger partial charge in [-0.2, -0.15) is 0 Å². The van der Waals surface area contributed by atoms with Crippen LogP contribution in [-0.2, 0) is 6.54 Å². The third-order valence-corrected chi connectivity index (χ3v) is 6.45. The summed E-state index contributed by atoms with van der Waals surface area (Å²) in [5.74, 6) is 0. The fraction of sp³-hybridized carbons (Fsp3) is 0.760. The molecule has 0 atom stereocenters. The van der Waals surface area contributed by atoms with Crippen LogP contribution >= 0.6 is 23.2 Å². The quantitative estimate of drug-likeness (QED) is 0.171. The number of hydrogen-bond donors (Lipinski definition) is 0. The summed E-state index contributed by atoms with van der Waals surface area (Å²) in [6.07, 6.45) is 19.8. The van der Waals surface area contributed by atoms with Crippen molar-refractivity contribution < 1.29 is 4.48 Å². The molecule has 0 aliphatic heterocycles. The van der Waals surface area contributed by atoms with Crippen molar-refractivity contribution >= 4 is 23.2 Å². The van der Waals surface area contributed by atoms with Gasteiger partial charge in [-0.05, 0) is 25.0 Å². The molecule has 0 fully saturated rings. The van der Waals surface area contributed by atoms with Gasteiger partial charge in [0.05, 0.1) is 30.7 Å². The van der Waals surface area contributed by atoms with Gasteiger partial charge < -0.3 is 4.48 Å². The Morgan fingerprint density at radius 1 is 0.643 bits per heavy atom. The van der Waals surface area contributed by atoms with Gasteiger partial charge in [0.2, 0.25) is 0 Å². The lowest BCUT2D eigenvalue weighted by Gasteiger charge is -2.30. The molecule has 1 aromatic rings. The average Bonchev–Trinajstić information content (AvgIpc) is 2.65. The summed E-state index contributed by atoms with van der Waals surface area (Å²) in [7, 11) is 4.62. The van der Waals surface area contributed by atoms with Crippen molar-refractivity contribution in [2.75, 3.05) is 20.6 Å². The monoisotopic (exact) mass is 428 g/mol. The molecule has 0 aliphatic rings. The summed E-state index contributed by atoms with van der Waals surface area (Å²) in [6.45, 7) is 4.52. The van der Waals surface area contributed by atoms with Gasteiger partial charge in [-0.15, -0.1) is 0 Å². The van der Waals surface area contributed by atoms with Gasteiger partial charge in [0.15, 0.2) is 0 Å². The van der Waals surface area contributed by atoms with E-state index in [1.165, 1.54) is 102 Å². The zero-order valence-corrected chi connectivity index (χ0v) is 20.3. The first-order valence-corrected chi connectivity index (χ1v) is 12.5. The summed E-state index contributed by atoms with van der Waals surface area (Å²) in [6, 6.07) is 6.01. The molecule has 1 nitrogen and oxygen atoms in total. The van der Waals surface area contributed by atoms with Crippen molar-refractivity contribution in [1.82, 2.24) is 0 Å². The van der Waals surface area contributed by atoms with E-state index in [0.29, 0.717) is 10.0 Å². The van der Waals surface area contributed by atoms with Gasteiger partial charge >= 0.3 is 0 Å². The minimum atomic E-state index is 0.641. The molecule has 28 heavy (non-hydrogen) atoms. The highest BCUT2D eigenvalue weighted by atomic mass is 35.5. The Morgan fingerprint density at radius 2 is 1.11 bits per heavy atom. The zero-order chi connectivity index (χ0) is 20.7. The van der Waals surface area contributed by atoms with Gasteiger partial charge in [-0.1, -0.05) is 113 Å². The van der Waals surface area contributed by atoms with Crippen LogP contribution in [-0.4, -0.2) is 25.1 Å². The standard InChI is InChI=1S/C25H44Cl2N/c1-4-5-6-7-8-9-10-11-12-13-14-15-16-17-20-28(2,3)22-23-18-19-24(26)25(27)21-23/h18-19,21H,4-17,20,22H2,1-3H3/q+1. The van der Waals surface area contributed by atoms with Crippen molar-refractivity contribution in [3.05, 3.63) is 33.8 Å². The largest absolute Gasteiger partial charge is 0.325 e. The van der Waals surface area contributed by atoms with Crippen LogP contribution in [0.15, 0.2) is 18.2 Å². The molecule has 0 N–H and O–H groups in total. The van der Waals surface area contributed by atoms with E-state index in [2.05, 4.69) is 27.1 Å². The second-order valence-corrected chi connectivity index (χ2v) is 9.98. The van der Waals surface area contributed by atoms with E-state index in [-0.39, 0.29) is 0 Å². The Hall–Kier alpha value is -0.240. The molecule has 0 aliphatic carbocycles. The lowest BCUT2D eigenvalue weighted by atomic mass is 10.0. The molecule has 1 aromatic carbocycles. The summed E-state index contributed by atoms with van der Waals surface area (Å²) >= 11 is 12.2. The second-order valence-electron chi connectivity index (χ2n) is 9.16. The maximum absolute atomic E-state index is 6.14. The maximum Gasteiger partial charge on any atom is 0.104 e. The second kappa shape index (κ2) is 15.6. The molecule has 0 saturated heterocycles. The number of benzene rings is 1. The van der Waals surface area contributed by atoms with E-state index in [0.717, 1.165) is 11.0 Å². The molecule has 3 heteroatoms. The molecule has 1 rings (SSSR count). The zero-order valence-electron chi connectivity index (χ0n) is 18.7. The predicted octanol–water partition coefficient (Wildman–Crippen LogP) is 9.05. The lowest BCUT2D eigenvalue weighted by molar-refractivity contribution is -0.903. The Bertz CT molecular complexity index is 513. The summed E-state index contributed by atoms with van der Waals surface area (Å²) in [5.41, 5.74) is 1.27. The number of unbranched alkanes of at least 4 members (excludes halogenated alkanes) is 13. The molecule has 0 saturated carbocycles. The average molecular weight is 430 g/mol. The van der Waals surface area contributed by atoms with Crippen molar-refractivity contribution in [1.29, 1.82) is 0 Å². The molecule has 0 unspecified atom stereocenters. The van der Waals surface area contributed by atoms with Crippen LogP contribution in [0.4, 0.5) is 0 Å². The molecule has 0 aromatic heterocycles. The topological polar surface area (TPSA) is 0 Å². The van der Waals surface area contributed by atoms with Crippen molar-refractivity contribution in [2.24, 2.45) is 0 Å². The third-order valence-electron chi connectivity index (χ3n) is 5.71. The molecular formula is C25H44Cl2N+. The normalized spacial score (nSPS) is 11.9. The van der Waals surface area contributed by atoms with Crippen LogP contribution in [0.5, 0.6) is 0 Å². The van der Waals surface area contributed by atoms with Gasteiger partial charge in [0.25, 0.3) is 0 Å². The van der Waals surface area contributed by atoms with Crippen LogP contribution in [0.3, 0.4) is 0 Å². The smallest absolute Gasteiger partial charge is 0.104 e. The van der Waals surface area contributed by atoms with E-state index in [9.17, 15) is 0 Å². The van der Waals surface area contributed by atoms with Crippen molar-refractivity contribution in [2.45, 2.75) is 103 Å². The predicted molar refractivity (Wildman–Crippen MR) is 127 cm³/mol. The van der Waals surface area contributed by atoms with Crippen LogP contribution < -0.4 is 0 Å². The maximum atomic E-state index is 6.14. The Kier molecular flexibility index (Phi) is 14.4. The first kappa shape index (κ1) is 25.8. The summed E-state index contributed by atoms with van der Waals surface area (Å²) in [4.78, 5) is 0. The van der Waals surface area contributed by atoms with E-state index in [1.807, 2.05) is 12.1 Å². The molecule has 0 bridgehead atoms. The van der Waals surface area contributed by atoms with Gasteiger partial charge in [0, 0.05) is 5.56 Å². The van der Waals surface area contributed by atoms with Crippen LogP contribution in [0.25, 0.3) is 0 Å². The Balaban J connectivity index is 1.96. The summed E-state index contributed by atoms with van der Waals surface area (Å²) < 4.78 is 1.01. The lowest BCUT2D eigenvalue weighted by Crippen LogP contribution is -2.39. The van der Waals surface area contributed by atoms with E-state index in [1.54, 1.807) is 0 Å². The molecule has 162 valence electrons. The first-order valence-electron chi connectivity index (χ1n) is 11.7. The van der Waals surface area contributed by atoms with Crippen molar-refractivity contribution in [3.8, 4) is 0 Å². The summed E-state index contributed by atoms with van der Waals surface area (Å²) in [5, 5.41) is 1.30. The fourth-order valence-corrected chi connectivity index (χ4v) is 4.27. The van der Waals surface area contributed by atoms with Crippen LogP contribution in [0.1, 0.15) is 102 Å². The number of quaternary nitrogens is 1. The number of halogens is 2. The third kappa shape index (κ3) is 13.1. The van der Waals surface area contributed by atoms with E-state index in [4.69, 9.17) is 23.2 Å². The first-order chi connectivity index (χ1) is 13.4. The SMILES string of the molecule is CCCCCCCCCCCCCCCC[N+](C)(C)Cc1ccc(Cl)c(Cl)c1. The minimum absolute atomic E-state index is 0.641. The highest BCUT2D eigenvalue weighted by molar-refractivity contribution is 6.42. The highest BCUT2D eigenvalue weighted by Crippen LogP contribution is 2.24. The van der Waals surface area contributed by atoms with Gasteiger partial charge in [0.1, 0.15) is 6.54 Å². The van der Waals surface area contributed by atoms with Gasteiger partial charge in [-0.3, -0.25) is 0 Å². The molecular weight excluding hydrogens is 385 g/mol. The molecule has 0 amide bonds. The minimum Gasteiger partial charge on any atom is -0.325 e.